The Morgan fingerprint density at radius 3 is 2.74 bits per heavy atom. The predicted molar refractivity (Wildman–Crippen MR) is 70.4 cm³/mol. The van der Waals surface area contributed by atoms with Crippen LogP contribution >= 0.6 is 0 Å². The van der Waals surface area contributed by atoms with Gasteiger partial charge in [0.15, 0.2) is 0 Å². The molecule has 2 N–H and O–H groups in total. The van der Waals surface area contributed by atoms with E-state index in [9.17, 15) is 9.18 Å². The van der Waals surface area contributed by atoms with Crippen LogP contribution in [-0.2, 0) is 0 Å². The summed E-state index contributed by atoms with van der Waals surface area (Å²) in [7, 11) is 0. The van der Waals surface area contributed by atoms with Crippen molar-refractivity contribution in [2.24, 2.45) is 0 Å². The van der Waals surface area contributed by atoms with E-state index < -0.39 is 0 Å². The molecule has 1 aromatic carbocycles. The Bertz CT molecular complexity index is 701. The molecule has 0 spiro atoms. The Morgan fingerprint density at radius 2 is 2.00 bits per heavy atom. The number of nitrogens with one attached hydrogen (secondary N) is 2. The second-order valence-electron chi connectivity index (χ2n) is 4.08. The molecule has 1 amide bonds. The molecular formula is C14H10FN3O. The van der Waals surface area contributed by atoms with Gasteiger partial charge >= 0.3 is 0 Å². The molecule has 19 heavy (non-hydrogen) atoms. The lowest BCUT2D eigenvalue weighted by Crippen LogP contribution is -2.12. The van der Waals surface area contributed by atoms with Crippen LogP contribution in [0.4, 0.5) is 10.1 Å². The number of pyridine rings is 1. The first-order valence-corrected chi connectivity index (χ1v) is 5.73. The van der Waals surface area contributed by atoms with Gasteiger partial charge in [-0.3, -0.25) is 9.78 Å². The smallest absolute Gasteiger partial charge is 0.272 e. The van der Waals surface area contributed by atoms with Gasteiger partial charge in [-0.05, 0) is 42.5 Å². The number of benzene rings is 1. The van der Waals surface area contributed by atoms with E-state index in [0.29, 0.717) is 11.4 Å². The SMILES string of the molecule is O=C(Nc1ccc(F)cc1)c1cc2ncccc2[nH]1. The maximum Gasteiger partial charge on any atom is 0.272 e. The molecule has 0 atom stereocenters. The Hall–Kier alpha value is -2.69. The molecule has 0 saturated heterocycles. The molecule has 0 aliphatic carbocycles. The van der Waals surface area contributed by atoms with Crippen LogP contribution in [0, 0.1) is 5.82 Å². The summed E-state index contributed by atoms with van der Waals surface area (Å²) >= 11 is 0. The second kappa shape index (κ2) is 4.53. The second-order valence-corrected chi connectivity index (χ2v) is 4.08. The number of fused-ring (bicyclic) bond motifs is 1. The summed E-state index contributed by atoms with van der Waals surface area (Å²) in [4.78, 5) is 19.1. The minimum Gasteiger partial charge on any atom is -0.349 e. The number of amides is 1. The van der Waals surface area contributed by atoms with Gasteiger partial charge in [0.25, 0.3) is 5.91 Å². The van der Waals surface area contributed by atoms with Crippen molar-refractivity contribution < 1.29 is 9.18 Å². The number of hydrogen-bond acceptors (Lipinski definition) is 2. The Morgan fingerprint density at radius 1 is 1.21 bits per heavy atom. The zero-order valence-electron chi connectivity index (χ0n) is 9.85. The quantitative estimate of drug-likeness (QED) is 0.739. The normalized spacial score (nSPS) is 10.6. The van der Waals surface area contributed by atoms with Gasteiger partial charge < -0.3 is 10.3 Å². The average molecular weight is 255 g/mol. The molecule has 5 heteroatoms. The van der Waals surface area contributed by atoms with Crippen molar-refractivity contribution in [1.82, 2.24) is 9.97 Å². The minimum absolute atomic E-state index is 0.287. The highest BCUT2D eigenvalue weighted by Gasteiger charge is 2.10. The lowest BCUT2D eigenvalue weighted by atomic mass is 10.3. The van der Waals surface area contributed by atoms with E-state index in [1.54, 1.807) is 18.3 Å². The molecule has 94 valence electrons. The molecule has 0 saturated carbocycles. The van der Waals surface area contributed by atoms with Crippen molar-refractivity contribution >= 4 is 22.6 Å². The zero-order chi connectivity index (χ0) is 13.2. The van der Waals surface area contributed by atoms with Crippen molar-refractivity contribution in [3.63, 3.8) is 0 Å². The van der Waals surface area contributed by atoms with Crippen LogP contribution in [-0.4, -0.2) is 15.9 Å². The van der Waals surface area contributed by atoms with Gasteiger partial charge in [-0.1, -0.05) is 0 Å². The fraction of sp³-hybridized carbons (Fsp3) is 0. The van der Waals surface area contributed by atoms with Crippen molar-refractivity contribution in [1.29, 1.82) is 0 Å². The monoisotopic (exact) mass is 255 g/mol. The highest BCUT2D eigenvalue weighted by molar-refractivity contribution is 6.05. The van der Waals surface area contributed by atoms with Gasteiger partial charge in [-0.25, -0.2) is 4.39 Å². The third-order valence-corrected chi connectivity index (χ3v) is 2.74. The molecular weight excluding hydrogens is 245 g/mol. The maximum absolute atomic E-state index is 12.8. The van der Waals surface area contributed by atoms with E-state index in [0.717, 1.165) is 11.0 Å². The van der Waals surface area contributed by atoms with Crippen LogP contribution in [0.1, 0.15) is 10.5 Å². The fourth-order valence-electron chi connectivity index (χ4n) is 1.81. The van der Waals surface area contributed by atoms with Crippen LogP contribution < -0.4 is 5.32 Å². The molecule has 3 rings (SSSR count). The molecule has 0 radical (unpaired) electrons. The highest BCUT2D eigenvalue weighted by atomic mass is 19.1. The third-order valence-electron chi connectivity index (χ3n) is 2.74. The van der Waals surface area contributed by atoms with Crippen LogP contribution in [0.3, 0.4) is 0 Å². The van der Waals surface area contributed by atoms with Crippen molar-refractivity contribution in [2.75, 3.05) is 5.32 Å². The van der Waals surface area contributed by atoms with E-state index >= 15 is 0 Å². The van der Waals surface area contributed by atoms with Crippen LogP contribution in [0.15, 0.2) is 48.7 Å². The molecule has 3 aromatic rings. The first-order chi connectivity index (χ1) is 9.22. The summed E-state index contributed by atoms with van der Waals surface area (Å²) in [5.74, 6) is -0.627. The topological polar surface area (TPSA) is 57.8 Å². The highest BCUT2D eigenvalue weighted by Crippen LogP contribution is 2.14. The zero-order valence-corrected chi connectivity index (χ0v) is 9.85. The summed E-state index contributed by atoms with van der Waals surface area (Å²) in [5, 5.41) is 2.68. The minimum atomic E-state index is -0.340. The number of H-pyrrole nitrogens is 1. The van der Waals surface area contributed by atoms with Gasteiger partial charge in [0, 0.05) is 11.9 Å². The Labute approximate surface area is 108 Å². The van der Waals surface area contributed by atoms with Gasteiger partial charge in [0.2, 0.25) is 0 Å². The number of carbonyl (C=O) groups is 1. The predicted octanol–water partition coefficient (Wildman–Crippen LogP) is 2.95. The molecule has 2 heterocycles. The van der Waals surface area contributed by atoms with Crippen LogP contribution in [0.2, 0.25) is 0 Å². The molecule has 0 fully saturated rings. The molecule has 0 bridgehead atoms. The van der Waals surface area contributed by atoms with Crippen molar-refractivity contribution in [3.05, 3.63) is 60.2 Å². The number of aromatic amines is 1. The summed E-state index contributed by atoms with van der Waals surface area (Å²) < 4.78 is 12.8. The number of aromatic nitrogens is 2. The molecule has 0 aliphatic heterocycles. The Balaban J connectivity index is 1.85. The number of hydrogen-bond donors (Lipinski definition) is 2. The third kappa shape index (κ3) is 2.30. The van der Waals surface area contributed by atoms with Gasteiger partial charge in [0.1, 0.15) is 11.5 Å². The number of nitrogens with zero attached hydrogens (tertiary/aromatic N) is 1. The average Bonchev–Trinajstić information content (AvgIpc) is 2.85. The summed E-state index contributed by atoms with van der Waals surface area (Å²) in [6, 6.07) is 10.9. The van der Waals surface area contributed by atoms with Gasteiger partial charge in [0.05, 0.1) is 11.0 Å². The van der Waals surface area contributed by atoms with E-state index in [2.05, 4.69) is 15.3 Å². The van der Waals surface area contributed by atoms with E-state index in [1.165, 1.54) is 24.3 Å². The number of halogens is 1. The van der Waals surface area contributed by atoms with Crippen LogP contribution in [0.5, 0.6) is 0 Å². The largest absolute Gasteiger partial charge is 0.349 e. The molecule has 0 unspecified atom stereocenters. The molecule has 2 aromatic heterocycles. The van der Waals surface area contributed by atoms with Crippen LogP contribution in [0.25, 0.3) is 11.0 Å². The first kappa shape index (κ1) is 11.4. The number of carbonyl (C=O) groups excluding carboxylic acids is 1. The lowest BCUT2D eigenvalue weighted by Gasteiger charge is -2.02. The van der Waals surface area contributed by atoms with E-state index in [-0.39, 0.29) is 11.7 Å². The van der Waals surface area contributed by atoms with Crippen molar-refractivity contribution in [3.8, 4) is 0 Å². The summed E-state index contributed by atoms with van der Waals surface area (Å²) in [5.41, 5.74) is 2.48. The summed E-state index contributed by atoms with van der Waals surface area (Å²) in [6.45, 7) is 0. The maximum atomic E-state index is 12.8. The fourth-order valence-corrected chi connectivity index (χ4v) is 1.81. The summed E-state index contributed by atoms with van der Waals surface area (Å²) in [6.07, 6.45) is 1.66. The van der Waals surface area contributed by atoms with E-state index in [1.807, 2.05) is 6.07 Å². The molecule has 4 nitrogen and oxygen atoms in total. The van der Waals surface area contributed by atoms with Gasteiger partial charge in [-0.2, -0.15) is 0 Å². The number of anilines is 1. The van der Waals surface area contributed by atoms with Gasteiger partial charge in [-0.15, -0.1) is 0 Å². The van der Waals surface area contributed by atoms with E-state index in [4.69, 9.17) is 0 Å². The lowest BCUT2D eigenvalue weighted by molar-refractivity contribution is 0.102. The van der Waals surface area contributed by atoms with Crippen molar-refractivity contribution in [2.45, 2.75) is 0 Å². The standard InChI is InChI=1S/C14H10FN3O/c15-9-3-5-10(6-4-9)17-14(19)13-8-12-11(18-13)2-1-7-16-12/h1-8,18H,(H,17,19). The Kier molecular flexibility index (Phi) is 2.72. The molecule has 0 aliphatic rings. The first-order valence-electron chi connectivity index (χ1n) is 5.73. The number of rotatable bonds is 2.